The Labute approximate surface area is 183 Å². The number of aryl methyl sites for hydroxylation is 1. The lowest BCUT2D eigenvalue weighted by atomic mass is 9.73. The molecule has 2 aliphatic carbocycles. The molecule has 2 atom stereocenters. The van der Waals surface area contributed by atoms with Crippen LogP contribution in [0.25, 0.3) is 0 Å². The number of phosphoric acid groups is 1. The minimum absolute atomic E-state index is 0.0139. The number of carbonyl (C=O) groups is 1. The van der Waals surface area contributed by atoms with Crippen LogP contribution in [-0.4, -0.2) is 16.7 Å². The quantitative estimate of drug-likeness (QED) is 0.279. The molecule has 170 valence electrons. The number of carbonyl (C=O) groups excluding carboxylic acids is 1. The smallest absolute Gasteiger partial charge is 0.344 e. The van der Waals surface area contributed by atoms with Crippen molar-refractivity contribution in [3.05, 3.63) is 47.1 Å². The Morgan fingerprint density at radius 1 is 1.35 bits per heavy atom. The molecule has 31 heavy (non-hydrogen) atoms. The average Bonchev–Trinajstić information content (AvgIpc) is 3.40. The van der Waals surface area contributed by atoms with Gasteiger partial charge in [-0.15, -0.1) is 0 Å². The van der Waals surface area contributed by atoms with Gasteiger partial charge in [-0.05, 0) is 69.6 Å². The van der Waals surface area contributed by atoms with Crippen LogP contribution in [0.1, 0.15) is 69.9 Å². The number of ether oxygens (including phenoxy) is 1. The Morgan fingerprint density at radius 3 is 2.58 bits per heavy atom. The summed E-state index contributed by atoms with van der Waals surface area (Å²) in [5, 5.41) is 10.9. The molecule has 1 aromatic rings. The highest BCUT2D eigenvalue weighted by Gasteiger charge is 2.54. The highest BCUT2D eigenvalue weighted by Crippen LogP contribution is 2.51. The highest BCUT2D eigenvalue weighted by atomic mass is 31.2. The molecule has 1 saturated carbocycles. The molecule has 0 saturated heterocycles. The number of phenolic OH excluding ortho intramolecular Hbond substituents is 1. The summed E-state index contributed by atoms with van der Waals surface area (Å²) in [4.78, 5) is 35.0. The first-order valence-corrected chi connectivity index (χ1v) is 12.1. The molecule has 0 bridgehead atoms. The van der Waals surface area contributed by atoms with Crippen LogP contribution in [0, 0.1) is 5.92 Å². The van der Waals surface area contributed by atoms with Crippen LogP contribution in [0.5, 0.6) is 11.5 Å². The van der Waals surface area contributed by atoms with Gasteiger partial charge in [0.25, 0.3) is 0 Å². The third-order valence-electron chi connectivity index (χ3n) is 6.00. The third kappa shape index (κ3) is 5.47. The van der Waals surface area contributed by atoms with Crippen molar-refractivity contribution in [2.75, 3.05) is 0 Å². The fourth-order valence-corrected chi connectivity index (χ4v) is 4.96. The second-order valence-corrected chi connectivity index (χ2v) is 9.81. The summed E-state index contributed by atoms with van der Waals surface area (Å²) in [7, 11) is -5.35. The van der Waals surface area contributed by atoms with Gasteiger partial charge in [-0.1, -0.05) is 37.1 Å². The lowest BCUT2D eigenvalue weighted by molar-refractivity contribution is -0.345. The summed E-state index contributed by atoms with van der Waals surface area (Å²) >= 11 is 0. The van der Waals surface area contributed by atoms with Gasteiger partial charge in [0.05, 0.1) is 7.82 Å². The number of hydrogen-bond donors (Lipinski definition) is 1. The van der Waals surface area contributed by atoms with Gasteiger partial charge in [-0.3, -0.25) is 0 Å². The topological polar surface area (TPSA) is 119 Å². The Kier molecular flexibility index (Phi) is 6.82. The van der Waals surface area contributed by atoms with Crippen molar-refractivity contribution >= 4 is 13.8 Å². The first-order chi connectivity index (χ1) is 14.5. The molecule has 3 rings (SSSR count). The Hall–Kier alpha value is -1.92. The van der Waals surface area contributed by atoms with Crippen molar-refractivity contribution in [1.29, 1.82) is 0 Å². The van der Waals surface area contributed by atoms with Crippen molar-refractivity contribution in [2.24, 2.45) is 5.92 Å². The maximum atomic E-state index is 12.8. The first kappa shape index (κ1) is 23.7. The van der Waals surface area contributed by atoms with E-state index in [0.29, 0.717) is 12.0 Å². The molecular weight excluding hydrogens is 419 g/mol. The standard InChI is InChI=1S/C23H31O7P/c1-5-6-16-12-19(24)21(18-11-15(4)7-8-17(18)14(2)3)20(13-16)29-22(25)23(9-10-23)30-31(26,27)28/h11-13,17-18,24H,2,5-10H2,1,3-4H3,(H2,26,27,28)/p-2/t17-,18+/m0/s1. The van der Waals surface area contributed by atoms with Crippen LogP contribution in [0.15, 0.2) is 35.9 Å². The zero-order chi connectivity index (χ0) is 23.0. The van der Waals surface area contributed by atoms with Gasteiger partial charge in [-0.2, -0.15) is 0 Å². The molecule has 0 aliphatic heterocycles. The van der Waals surface area contributed by atoms with Crippen molar-refractivity contribution in [2.45, 2.75) is 70.8 Å². The molecular formula is C23H29O7P-2. The number of aromatic hydroxyl groups is 1. The van der Waals surface area contributed by atoms with E-state index in [9.17, 15) is 24.3 Å². The number of allylic oxidation sites excluding steroid dienone is 3. The van der Waals surface area contributed by atoms with E-state index < -0.39 is 19.4 Å². The normalized spacial score (nSPS) is 22.5. The number of benzene rings is 1. The van der Waals surface area contributed by atoms with Crippen LogP contribution in [0.3, 0.4) is 0 Å². The third-order valence-corrected chi connectivity index (χ3v) is 6.57. The van der Waals surface area contributed by atoms with E-state index in [1.54, 1.807) is 12.1 Å². The molecule has 0 unspecified atom stereocenters. The molecule has 1 N–H and O–H groups in total. The minimum Gasteiger partial charge on any atom is -0.790 e. The Balaban J connectivity index is 2.04. The van der Waals surface area contributed by atoms with E-state index in [4.69, 9.17) is 4.74 Å². The fraction of sp³-hybridized carbons (Fsp3) is 0.522. The number of phenols is 1. The second kappa shape index (κ2) is 8.91. The van der Waals surface area contributed by atoms with Crippen molar-refractivity contribution < 1.29 is 33.5 Å². The summed E-state index contributed by atoms with van der Waals surface area (Å²) in [6, 6.07) is 3.38. The van der Waals surface area contributed by atoms with E-state index >= 15 is 0 Å². The van der Waals surface area contributed by atoms with Crippen LogP contribution in [0.4, 0.5) is 0 Å². The summed E-state index contributed by atoms with van der Waals surface area (Å²) in [6.45, 7) is 10.0. The predicted octanol–water partition coefficient (Wildman–Crippen LogP) is 3.64. The highest BCUT2D eigenvalue weighted by molar-refractivity contribution is 7.43. The van der Waals surface area contributed by atoms with E-state index in [-0.39, 0.29) is 36.2 Å². The van der Waals surface area contributed by atoms with E-state index in [0.717, 1.165) is 36.0 Å². The van der Waals surface area contributed by atoms with Gasteiger partial charge in [0.1, 0.15) is 11.5 Å². The summed E-state index contributed by atoms with van der Waals surface area (Å²) in [5.41, 5.74) is 1.61. The average molecular weight is 448 g/mol. The molecule has 8 heteroatoms. The van der Waals surface area contributed by atoms with Crippen LogP contribution in [0.2, 0.25) is 0 Å². The predicted molar refractivity (Wildman–Crippen MR) is 112 cm³/mol. The minimum atomic E-state index is -5.35. The Morgan fingerprint density at radius 2 is 2.03 bits per heavy atom. The van der Waals surface area contributed by atoms with E-state index in [1.807, 2.05) is 20.8 Å². The van der Waals surface area contributed by atoms with Crippen LogP contribution >= 0.6 is 7.82 Å². The van der Waals surface area contributed by atoms with E-state index in [1.165, 1.54) is 0 Å². The largest absolute Gasteiger partial charge is 0.790 e. The zero-order valence-corrected chi connectivity index (χ0v) is 19.1. The fourth-order valence-electron chi connectivity index (χ4n) is 4.28. The van der Waals surface area contributed by atoms with Crippen molar-refractivity contribution in [1.82, 2.24) is 0 Å². The number of hydrogen-bond acceptors (Lipinski definition) is 7. The molecule has 0 heterocycles. The molecule has 1 aromatic carbocycles. The lowest BCUT2D eigenvalue weighted by Crippen LogP contribution is -2.34. The molecule has 0 amide bonds. The number of phosphoric ester groups is 1. The van der Waals surface area contributed by atoms with Crippen LogP contribution in [-0.2, 0) is 20.3 Å². The van der Waals surface area contributed by atoms with Gasteiger partial charge < -0.3 is 28.7 Å². The lowest BCUT2D eigenvalue weighted by Gasteiger charge is -2.34. The SMILES string of the molecule is C=C(C)[C@@H]1CCC(C)=C[C@H]1c1c(O)cc(CCC)cc1OC(=O)C1(OP(=O)([O-])[O-])CC1. The molecule has 0 aromatic heterocycles. The summed E-state index contributed by atoms with van der Waals surface area (Å²) < 4.78 is 21.2. The maximum Gasteiger partial charge on any atom is 0.344 e. The number of rotatable bonds is 8. The molecule has 7 nitrogen and oxygen atoms in total. The number of esters is 1. The molecule has 2 aliphatic rings. The zero-order valence-electron chi connectivity index (χ0n) is 18.2. The van der Waals surface area contributed by atoms with Crippen molar-refractivity contribution in [3.63, 3.8) is 0 Å². The summed E-state index contributed by atoms with van der Waals surface area (Å²) in [5.74, 6) is -0.945. The second-order valence-electron chi connectivity index (χ2n) is 8.73. The van der Waals surface area contributed by atoms with Gasteiger partial charge >= 0.3 is 5.97 Å². The molecule has 0 radical (unpaired) electrons. The molecule has 1 fully saturated rings. The summed E-state index contributed by atoms with van der Waals surface area (Å²) in [6.07, 6.45) is 5.50. The van der Waals surface area contributed by atoms with Crippen molar-refractivity contribution in [3.8, 4) is 11.5 Å². The molecule has 0 spiro atoms. The monoisotopic (exact) mass is 448 g/mol. The van der Waals surface area contributed by atoms with Gasteiger partial charge in [-0.25, -0.2) is 4.79 Å². The Bertz CT molecular complexity index is 955. The van der Waals surface area contributed by atoms with Gasteiger partial charge in [0, 0.05) is 11.5 Å². The first-order valence-electron chi connectivity index (χ1n) is 10.6. The van der Waals surface area contributed by atoms with Crippen LogP contribution < -0.4 is 14.5 Å². The van der Waals surface area contributed by atoms with Gasteiger partial charge in [0.15, 0.2) is 5.60 Å². The van der Waals surface area contributed by atoms with Gasteiger partial charge in [0.2, 0.25) is 0 Å². The van der Waals surface area contributed by atoms with E-state index in [2.05, 4.69) is 17.2 Å². The maximum absolute atomic E-state index is 12.8.